The maximum atomic E-state index is 12.1. The molecule has 0 radical (unpaired) electrons. The van der Waals surface area contributed by atoms with E-state index in [1.807, 2.05) is 0 Å². The van der Waals surface area contributed by atoms with Gasteiger partial charge in [-0.3, -0.25) is 4.79 Å². The Labute approximate surface area is 65.2 Å². The van der Waals surface area contributed by atoms with Crippen LogP contribution in [0.1, 0.15) is 6.92 Å². The lowest BCUT2D eigenvalue weighted by Gasteiger charge is -2.12. The Balaban J connectivity index is 4.53. The molecule has 66 valence electrons. The Kier molecular flexibility index (Phi) is 2.98. The Bertz CT molecular complexity index is 246. The van der Waals surface area contributed by atoms with Crippen molar-refractivity contribution in [1.82, 2.24) is 4.90 Å². The van der Waals surface area contributed by atoms with Crippen LogP contribution in [0.3, 0.4) is 0 Å². The van der Waals surface area contributed by atoms with Gasteiger partial charge in [-0.1, -0.05) is 0 Å². The fraction of sp³-hybridized carbons (Fsp3) is 0.800. The van der Waals surface area contributed by atoms with Crippen LogP contribution < -0.4 is 0 Å². The summed E-state index contributed by atoms with van der Waals surface area (Å²) in [7, 11) is -2.01. The summed E-state index contributed by atoms with van der Waals surface area (Å²) in [6.07, 6.45) is 0. The smallest absolute Gasteiger partial charge is 0.314 e. The van der Waals surface area contributed by atoms with E-state index in [0.29, 0.717) is 0 Å². The number of nitrogens with zero attached hydrogens (tertiary/aromatic N) is 1. The molecular weight excluding hydrogens is 173 g/mol. The third-order valence-corrected chi connectivity index (χ3v) is 2.26. The van der Waals surface area contributed by atoms with E-state index >= 15 is 0 Å². The molecule has 11 heavy (non-hydrogen) atoms. The van der Waals surface area contributed by atoms with Crippen LogP contribution in [0.25, 0.3) is 0 Å². The molecule has 0 saturated carbocycles. The van der Waals surface area contributed by atoms with Crippen molar-refractivity contribution >= 4 is 16.1 Å². The van der Waals surface area contributed by atoms with Crippen LogP contribution in [0.4, 0.5) is 3.89 Å². The maximum Gasteiger partial charge on any atom is 0.314 e. The Hall–Kier alpha value is -0.650. The molecule has 0 N–H and O–H groups in total. The fourth-order valence-corrected chi connectivity index (χ4v) is 0.936. The number of carbonyl (C=O) groups excluding carboxylic acids is 1. The Morgan fingerprint density at radius 2 is 1.82 bits per heavy atom. The van der Waals surface area contributed by atoms with Gasteiger partial charge in [0.15, 0.2) is 5.25 Å². The molecule has 1 unspecified atom stereocenters. The van der Waals surface area contributed by atoms with E-state index in [4.69, 9.17) is 0 Å². The summed E-state index contributed by atoms with van der Waals surface area (Å²) in [5.74, 6) is -0.757. The van der Waals surface area contributed by atoms with Crippen molar-refractivity contribution in [3.05, 3.63) is 0 Å². The van der Waals surface area contributed by atoms with Gasteiger partial charge in [0.05, 0.1) is 0 Å². The molecule has 4 nitrogen and oxygen atoms in total. The molecule has 0 fully saturated rings. The van der Waals surface area contributed by atoms with Gasteiger partial charge in [0.2, 0.25) is 5.91 Å². The summed E-state index contributed by atoms with van der Waals surface area (Å²) in [6.45, 7) is 1.01. The molecule has 1 atom stereocenters. The molecular formula is C5H10FNO3S. The summed E-state index contributed by atoms with van der Waals surface area (Å²) >= 11 is 0. The molecule has 0 aromatic carbocycles. The van der Waals surface area contributed by atoms with Crippen LogP contribution in [0.2, 0.25) is 0 Å². The average Bonchev–Trinajstić information content (AvgIpc) is 1.82. The van der Waals surface area contributed by atoms with Gasteiger partial charge in [-0.15, -0.1) is 3.89 Å². The number of rotatable bonds is 2. The highest BCUT2D eigenvalue weighted by atomic mass is 32.3. The van der Waals surface area contributed by atoms with Gasteiger partial charge in [-0.2, -0.15) is 8.42 Å². The highest BCUT2D eigenvalue weighted by molar-refractivity contribution is 7.87. The van der Waals surface area contributed by atoms with E-state index in [1.165, 1.54) is 14.1 Å². The van der Waals surface area contributed by atoms with Gasteiger partial charge in [0.1, 0.15) is 0 Å². The number of hydrogen-bond donors (Lipinski definition) is 0. The topological polar surface area (TPSA) is 54.5 Å². The SMILES string of the molecule is CC(C(=O)N(C)C)S(=O)(=O)F. The van der Waals surface area contributed by atoms with E-state index in [1.54, 1.807) is 0 Å². The van der Waals surface area contributed by atoms with Crippen molar-refractivity contribution < 1.29 is 17.1 Å². The standard InChI is InChI=1S/C5H10FNO3S/c1-4(11(6,9)10)5(8)7(2)3/h4H,1-3H3. The first-order valence-corrected chi connectivity index (χ1v) is 4.36. The molecule has 0 aliphatic rings. The van der Waals surface area contributed by atoms with Crippen LogP contribution in [-0.2, 0) is 15.0 Å². The van der Waals surface area contributed by atoms with E-state index in [2.05, 4.69) is 0 Å². The predicted molar refractivity (Wildman–Crippen MR) is 38.2 cm³/mol. The number of amides is 1. The van der Waals surface area contributed by atoms with Gasteiger partial charge in [-0.25, -0.2) is 0 Å². The second-order valence-electron chi connectivity index (χ2n) is 2.35. The molecule has 0 aromatic heterocycles. The van der Waals surface area contributed by atoms with Gasteiger partial charge in [0.25, 0.3) is 0 Å². The lowest BCUT2D eigenvalue weighted by molar-refractivity contribution is -0.127. The fourth-order valence-electron chi connectivity index (χ4n) is 0.484. The predicted octanol–water partition coefficient (Wildman–Crippen LogP) is -0.238. The number of hydrogen-bond acceptors (Lipinski definition) is 3. The third kappa shape index (κ3) is 2.83. The van der Waals surface area contributed by atoms with Crippen molar-refractivity contribution in [2.24, 2.45) is 0 Å². The number of halogens is 1. The van der Waals surface area contributed by atoms with E-state index in [9.17, 15) is 17.1 Å². The molecule has 0 aliphatic heterocycles. The minimum absolute atomic E-state index is 0.757. The van der Waals surface area contributed by atoms with Crippen LogP contribution in [-0.4, -0.2) is 38.6 Å². The van der Waals surface area contributed by atoms with E-state index in [0.717, 1.165) is 11.8 Å². The zero-order chi connectivity index (χ0) is 9.23. The molecule has 0 aliphatic carbocycles. The van der Waals surface area contributed by atoms with Gasteiger partial charge < -0.3 is 4.90 Å². The zero-order valence-electron chi connectivity index (χ0n) is 6.54. The van der Waals surface area contributed by atoms with Crippen molar-refractivity contribution in [2.45, 2.75) is 12.2 Å². The van der Waals surface area contributed by atoms with Gasteiger partial charge in [0, 0.05) is 14.1 Å². The second-order valence-corrected chi connectivity index (χ2v) is 4.01. The monoisotopic (exact) mass is 183 g/mol. The Morgan fingerprint density at radius 3 is 1.91 bits per heavy atom. The summed E-state index contributed by atoms with van der Waals surface area (Å²) < 4.78 is 32.4. The van der Waals surface area contributed by atoms with Crippen molar-refractivity contribution in [3.8, 4) is 0 Å². The van der Waals surface area contributed by atoms with Crippen LogP contribution >= 0.6 is 0 Å². The second kappa shape index (κ2) is 3.17. The van der Waals surface area contributed by atoms with Crippen LogP contribution in [0.5, 0.6) is 0 Å². The molecule has 0 saturated heterocycles. The van der Waals surface area contributed by atoms with Crippen LogP contribution in [0.15, 0.2) is 0 Å². The lowest BCUT2D eigenvalue weighted by atomic mass is 10.4. The summed E-state index contributed by atoms with van der Waals surface area (Å²) in [4.78, 5) is 11.8. The first-order chi connectivity index (χ1) is 4.76. The van der Waals surface area contributed by atoms with Gasteiger partial charge in [-0.05, 0) is 6.92 Å². The highest BCUT2D eigenvalue weighted by Gasteiger charge is 2.28. The van der Waals surface area contributed by atoms with Crippen LogP contribution in [0, 0.1) is 0 Å². The molecule has 6 heteroatoms. The largest absolute Gasteiger partial charge is 0.348 e. The molecule has 0 heterocycles. The zero-order valence-corrected chi connectivity index (χ0v) is 7.35. The van der Waals surface area contributed by atoms with E-state index in [-0.39, 0.29) is 0 Å². The highest BCUT2D eigenvalue weighted by Crippen LogP contribution is 2.04. The first kappa shape index (κ1) is 10.3. The third-order valence-electron chi connectivity index (χ3n) is 1.21. The van der Waals surface area contributed by atoms with Crippen molar-refractivity contribution in [2.75, 3.05) is 14.1 Å². The van der Waals surface area contributed by atoms with Crippen molar-refractivity contribution in [1.29, 1.82) is 0 Å². The van der Waals surface area contributed by atoms with Gasteiger partial charge >= 0.3 is 10.2 Å². The molecule has 0 rings (SSSR count). The molecule has 1 amide bonds. The number of carbonyl (C=O) groups is 1. The Morgan fingerprint density at radius 1 is 1.45 bits per heavy atom. The normalized spacial score (nSPS) is 14.2. The first-order valence-electron chi connectivity index (χ1n) is 2.91. The average molecular weight is 183 g/mol. The summed E-state index contributed by atoms with van der Waals surface area (Å²) in [5.41, 5.74) is 0. The van der Waals surface area contributed by atoms with Crippen molar-refractivity contribution in [3.63, 3.8) is 0 Å². The quantitative estimate of drug-likeness (QED) is 0.555. The maximum absolute atomic E-state index is 12.1. The summed E-state index contributed by atoms with van der Waals surface area (Å²) in [6, 6.07) is 0. The lowest BCUT2D eigenvalue weighted by Crippen LogP contribution is -2.35. The minimum atomic E-state index is -4.74. The molecule has 0 spiro atoms. The minimum Gasteiger partial charge on any atom is -0.348 e. The van der Waals surface area contributed by atoms with E-state index < -0.39 is 21.4 Å². The summed E-state index contributed by atoms with van der Waals surface area (Å²) in [5, 5.41) is -1.60. The molecule has 0 aromatic rings. The molecule has 0 bridgehead atoms.